The molecule has 0 atom stereocenters. The van der Waals surface area contributed by atoms with Gasteiger partial charge in [-0.2, -0.15) is 5.26 Å². The van der Waals surface area contributed by atoms with Crippen LogP contribution in [0.15, 0.2) is 182 Å². The number of pyridine rings is 2. The average molecular weight is 723 g/mol. The van der Waals surface area contributed by atoms with Gasteiger partial charge >= 0.3 is 0 Å². The molecular formula is C53H30N4. The third-order valence-electron chi connectivity index (χ3n) is 11.9. The summed E-state index contributed by atoms with van der Waals surface area (Å²) in [6, 6.07) is 63.3. The fraction of sp³-hybridized carbons (Fsp3) is 0.0189. The first kappa shape index (κ1) is 32.5. The minimum atomic E-state index is -0.537. The van der Waals surface area contributed by atoms with Crippen LogP contribution in [0.5, 0.6) is 0 Å². The van der Waals surface area contributed by atoms with Crippen molar-refractivity contribution in [3.05, 3.63) is 222 Å². The Morgan fingerprint density at radius 1 is 0.439 bits per heavy atom. The van der Waals surface area contributed by atoms with Gasteiger partial charge in [-0.1, -0.05) is 140 Å². The minimum Gasteiger partial charge on any atom is -0.361 e. The minimum absolute atomic E-state index is 0.392. The summed E-state index contributed by atoms with van der Waals surface area (Å²) < 4.78 is 0. The Labute approximate surface area is 330 Å². The van der Waals surface area contributed by atoms with Crippen molar-refractivity contribution in [3.63, 3.8) is 0 Å². The molecule has 2 aliphatic rings. The van der Waals surface area contributed by atoms with Gasteiger partial charge in [0.05, 0.1) is 5.41 Å². The van der Waals surface area contributed by atoms with Crippen LogP contribution >= 0.6 is 0 Å². The molecule has 0 unspecified atom stereocenters. The zero-order chi connectivity index (χ0) is 38.1. The van der Waals surface area contributed by atoms with Crippen LogP contribution in [0.25, 0.3) is 82.4 Å². The first-order chi connectivity index (χ1) is 28.1. The highest BCUT2D eigenvalue weighted by Crippen LogP contribution is 2.64. The van der Waals surface area contributed by atoms with Crippen LogP contribution < -0.4 is 0 Å². The molecule has 11 rings (SSSR count). The van der Waals surface area contributed by atoms with Crippen LogP contribution in [0.2, 0.25) is 0 Å². The van der Waals surface area contributed by atoms with E-state index in [1.807, 2.05) is 24.3 Å². The van der Waals surface area contributed by atoms with E-state index in [1.165, 1.54) is 60.8 Å². The van der Waals surface area contributed by atoms with Crippen molar-refractivity contribution in [1.29, 1.82) is 5.26 Å². The van der Waals surface area contributed by atoms with Gasteiger partial charge in [-0.05, 0) is 136 Å². The molecule has 0 radical (unpaired) electrons. The standard InChI is InChI=1S/C53H30N4/c1-55-51-30-39(25-27-57-51)35-18-20-36(21-19-35)46-31-50-52(44-11-3-2-8-41(44)46)45-23-22-37(33-14-16-34(17-15-33)38-24-26-56-40(28-38)32-54)29-49(45)53(50)47-12-6-4-9-42(47)43-10-5-7-13-48(43)53/h2-31H. The lowest BCUT2D eigenvalue weighted by Gasteiger charge is -2.31. The summed E-state index contributed by atoms with van der Waals surface area (Å²) in [5.41, 5.74) is 18.8. The van der Waals surface area contributed by atoms with Crippen molar-refractivity contribution < 1.29 is 0 Å². The van der Waals surface area contributed by atoms with Crippen molar-refractivity contribution in [2.45, 2.75) is 5.41 Å². The molecule has 2 heterocycles. The first-order valence-corrected chi connectivity index (χ1v) is 19.0. The Kier molecular flexibility index (Phi) is 7.17. The van der Waals surface area contributed by atoms with Gasteiger partial charge in [0.25, 0.3) is 5.82 Å². The van der Waals surface area contributed by atoms with Gasteiger partial charge in [0.15, 0.2) is 0 Å². The fourth-order valence-corrected chi connectivity index (χ4v) is 9.44. The van der Waals surface area contributed by atoms with Gasteiger partial charge in [0.2, 0.25) is 0 Å². The molecule has 0 amide bonds. The molecule has 9 aromatic rings. The number of hydrogen-bond donors (Lipinski definition) is 0. The highest BCUT2D eigenvalue weighted by atomic mass is 14.8. The molecule has 1 spiro atoms. The molecule has 4 nitrogen and oxygen atoms in total. The second kappa shape index (κ2) is 12.6. The van der Waals surface area contributed by atoms with E-state index in [4.69, 9.17) is 6.57 Å². The zero-order valence-electron chi connectivity index (χ0n) is 30.6. The number of nitrogens with zero attached hydrogens (tertiary/aromatic N) is 4. The lowest BCUT2D eigenvalue weighted by Crippen LogP contribution is -2.26. The molecule has 262 valence electrons. The summed E-state index contributed by atoms with van der Waals surface area (Å²) in [7, 11) is 0. The van der Waals surface area contributed by atoms with Gasteiger partial charge in [-0.15, -0.1) is 4.98 Å². The van der Waals surface area contributed by atoms with Crippen LogP contribution in [0, 0.1) is 17.9 Å². The first-order valence-electron chi connectivity index (χ1n) is 19.0. The van der Waals surface area contributed by atoms with Crippen LogP contribution in [-0.4, -0.2) is 9.97 Å². The van der Waals surface area contributed by atoms with Crippen molar-refractivity contribution in [2.75, 3.05) is 0 Å². The summed E-state index contributed by atoms with van der Waals surface area (Å²) in [6.07, 6.45) is 3.39. The van der Waals surface area contributed by atoms with Gasteiger partial charge in [-0.3, -0.25) is 0 Å². The number of nitriles is 1. The van der Waals surface area contributed by atoms with Crippen molar-refractivity contribution in [3.8, 4) is 72.8 Å². The summed E-state index contributed by atoms with van der Waals surface area (Å²) in [5, 5.41) is 11.9. The lowest BCUT2D eigenvalue weighted by molar-refractivity contribution is 0.795. The van der Waals surface area contributed by atoms with E-state index in [1.54, 1.807) is 12.4 Å². The predicted octanol–water partition coefficient (Wildman–Crippen LogP) is 13.1. The molecule has 0 saturated carbocycles. The molecule has 2 aliphatic carbocycles. The molecule has 4 heteroatoms. The number of benzene rings is 7. The Balaban J connectivity index is 1.14. The normalized spacial score (nSPS) is 12.7. The van der Waals surface area contributed by atoms with Crippen LogP contribution in [-0.2, 0) is 5.41 Å². The lowest BCUT2D eigenvalue weighted by atomic mass is 9.69. The number of aromatic nitrogens is 2. The second-order valence-electron chi connectivity index (χ2n) is 14.7. The maximum atomic E-state index is 9.43. The topological polar surface area (TPSA) is 53.9 Å². The Morgan fingerprint density at radius 2 is 0.982 bits per heavy atom. The summed E-state index contributed by atoms with van der Waals surface area (Å²) in [5.74, 6) is 0.392. The molecule has 7 aromatic carbocycles. The molecule has 0 aliphatic heterocycles. The SMILES string of the molecule is [C-]#[N+]c1cc(-c2ccc(-c3cc4c(c5ccccc35)-c3ccc(-c5ccc(-c6ccnc(C#N)c6)cc5)cc3C43c4ccccc4-c4ccccc43)cc2)ccn1. The molecule has 0 N–H and O–H groups in total. The van der Waals surface area contributed by atoms with E-state index >= 15 is 0 Å². The van der Waals surface area contributed by atoms with Crippen LogP contribution in [0.4, 0.5) is 5.82 Å². The molecule has 0 bridgehead atoms. The molecule has 0 fully saturated rings. The van der Waals surface area contributed by atoms with E-state index in [0.29, 0.717) is 11.5 Å². The summed E-state index contributed by atoms with van der Waals surface area (Å²) in [4.78, 5) is 11.9. The van der Waals surface area contributed by atoms with Crippen LogP contribution in [0.1, 0.15) is 27.9 Å². The fourth-order valence-electron chi connectivity index (χ4n) is 9.44. The Bertz CT molecular complexity index is 3150. The number of fused-ring (bicyclic) bond motifs is 12. The van der Waals surface area contributed by atoms with E-state index < -0.39 is 5.41 Å². The van der Waals surface area contributed by atoms with Gasteiger partial charge in [0.1, 0.15) is 18.0 Å². The highest BCUT2D eigenvalue weighted by Gasteiger charge is 2.52. The van der Waals surface area contributed by atoms with E-state index in [9.17, 15) is 5.26 Å². The summed E-state index contributed by atoms with van der Waals surface area (Å²) in [6.45, 7) is 7.45. The summed E-state index contributed by atoms with van der Waals surface area (Å²) >= 11 is 0. The van der Waals surface area contributed by atoms with Gasteiger partial charge in [0, 0.05) is 6.20 Å². The molecule has 2 aromatic heterocycles. The monoisotopic (exact) mass is 722 g/mol. The molecule has 57 heavy (non-hydrogen) atoms. The number of hydrogen-bond acceptors (Lipinski definition) is 3. The maximum Gasteiger partial charge on any atom is 0.270 e. The third-order valence-corrected chi connectivity index (χ3v) is 11.9. The van der Waals surface area contributed by atoms with Crippen molar-refractivity contribution in [1.82, 2.24) is 9.97 Å². The average Bonchev–Trinajstić information content (AvgIpc) is 3.76. The predicted molar refractivity (Wildman–Crippen MR) is 229 cm³/mol. The van der Waals surface area contributed by atoms with Crippen LogP contribution in [0.3, 0.4) is 0 Å². The number of rotatable bonds is 4. The van der Waals surface area contributed by atoms with Crippen molar-refractivity contribution in [2.24, 2.45) is 0 Å². The maximum absolute atomic E-state index is 9.43. The van der Waals surface area contributed by atoms with Crippen molar-refractivity contribution >= 4 is 16.6 Å². The van der Waals surface area contributed by atoms with Gasteiger partial charge in [-0.25, -0.2) is 4.98 Å². The van der Waals surface area contributed by atoms with E-state index in [0.717, 1.165) is 38.9 Å². The van der Waals surface area contributed by atoms with E-state index in [-0.39, 0.29) is 0 Å². The Hall–Kier alpha value is -7.92. The smallest absolute Gasteiger partial charge is 0.270 e. The second-order valence-corrected chi connectivity index (χ2v) is 14.7. The quantitative estimate of drug-likeness (QED) is 0.170. The molecular weight excluding hydrogens is 693 g/mol. The highest BCUT2D eigenvalue weighted by molar-refractivity contribution is 6.11. The largest absolute Gasteiger partial charge is 0.361 e. The Morgan fingerprint density at radius 3 is 1.63 bits per heavy atom. The van der Waals surface area contributed by atoms with Gasteiger partial charge < -0.3 is 4.85 Å². The van der Waals surface area contributed by atoms with E-state index in [2.05, 4.69) is 166 Å². The zero-order valence-corrected chi connectivity index (χ0v) is 30.6. The molecule has 0 saturated heterocycles. The third kappa shape index (κ3) is 4.78.